The van der Waals surface area contributed by atoms with Crippen LogP contribution in [0.3, 0.4) is 0 Å². The van der Waals surface area contributed by atoms with Crippen LogP contribution in [-0.2, 0) is 14.3 Å². The predicted molar refractivity (Wildman–Crippen MR) is 56.8 cm³/mol. The normalized spacial score (nSPS) is 26.8. The predicted octanol–water partition coefficient (Wildman–Crippen LogP) is -0.670. The molecule has 0 aromatic rings. The van der Waals surface area contributed by atoms with Gasteiger partial charge in [-0.15, -0.1) is 0 Å². The smallest absolute Gasteiger partial charge is 0.326 e. The van der Waals surface area contributed by atoms with Gasteiger partial charge in [0, 0.05) is 6.61 Å². The summed E-state index contributed by atoms with van der Waals surface area (Å²) in [6.45, 7) is 4.04. The van der Waals surface area contributed by atoms with Crippen LogP contribution >= 0.6 is 0 Å². The highest BCUT2D eigenvalue weighted by Gasteiger charge is 2.40. The van der Waals surface area contributed by atoms with Crippen LogP contribution in [0.5, 0.6) is 0 Å². The van der Waals surface area contributed by atoms with Gasteiger partial charge in [-0.1, -0.05) is 13.8 Å². The maximum Gasteiger partial charge on any atom is 0.326 e. The minimum Gasteiger partial charge on any atom is -0.480 e. The van der Waals surface area contributed by atoms with E-state index in [0.717, 1.165) is 0 Å². The summed E-state index contributed by atoms with van der Waals surface area (Å²) in [4.78, 5) is 22.7. The largest absolute Gasteiger partial charge is 0.480 e. The number of amides is 1. The van der Waals surface area contributed by atoms with Crippen molar-refractivity contribution >= 4 is 11.9 Å². The van der Waals surface area contributed by atoms with Gasteiger partial charge < -0.3 is 20.9 Å². The molecule has 0 spiro atoms. The fourth-order valence-electron chi connectivity index (χ4n) is 1.56. The number of carboxylic acid groups (broad SMARTS) is 1. The van der Waals surface area contributed by atoms with Crippen molar-refractivity contribution in [3.63, 3.8) is 0 Å². The molecule has 0 aromatic carbocycles. The van der Waals surface area contributed by atoms with E-state index < -0.39 is 23.5 Å². The molecule has 0 aromatic heterocycles. The molecule has 1 heterocycles. The minimum absolute atomic E-state index is 0.142. The van der Waals surface area contributed by atoms with E-state index >= 15 is 0 Å². The standard InChI is InChI=1S/C10H18N2O4/c1-6(2)7(8(13)14)12-9(15)10(11)3-4-16-5-10/h6-7H,3-5,11H2,1-2H3,(H,12,15)(H,13,14)/t7-,10?/m1/s1. The summed E-state index contributed by atoms with van der Waals surface area (Å²) in [5, 5.41) is 11.4. The van der Waals surface area contributed by atoms with Crippen molar-refractivity contribution in [1.29, 1.82) is 0 Å². The lowest BCUT2D eigenvalue weighted by atomic mass is 9.97. The Bertz CT molecular complexity index is 285. The van der Waals surface area contributed by atoms with Gasteiger partial charge in [-0.05, 0) is 12.3 Å². The Hall–Kier alpha value is -1.14. The van der Waals surface area contributed by atoms with E-state index in [1.165, 1.54) is 0 Å². The number of nitrogens with one attached hydrogen (secondary N) is 1. The lowest BCUT2D eigenvalue weighted by Crippen LogP contribution is -2.58. The van der Waals surface area contributed by atoms with E-state index in [4.69, 9.17) is 15.6 Å². The van der Waals surface area contributed by atoms with E-state index in [1.807, 2.05) is 0 Å². The lowest BCUT2D eigenvalue weighted by Gasteiger charge is -2.25. The number of carbonyl (C=O) groups is 2. The molecular weight excluding hydrogens is 212 g/mol. The molecule has 0 bridgehead atoms. The van der Waals surface area contributed by atoms with Crippen LogP contribution in [0.2, 0.25) is 0 Å². The molecule has 0 saturated carbocycles. The molecule has 4 N–H and O–H groups in total. The zero-order valence-electron chi connectivity index (χ0n) is 9.53. The van der Waals surface area contributed by atoms with Gasteiger partial charge in [-0.2, -0.15) is 0 Å². The molecule has 0 aliphatic carbocycles. The van der Waals surface area contributed by atoms with Gasteiger partial charge in [0.2, 0.25) is 5.91 Å². The van der Waals surface area contributed by atoms with Crippen LogP contribution in [0.4, 0.5) is 0 Å². The van der Waals surface area contributed by atoms with Crippen molar-refractivity contribution < 1.29 is 19.4 Å². The molecule has 1 unspecified atom stereocenters. The first kappa shape index (κ1) is 12.9. The third kappa shape index (κ3) is 2.70. The Morgan fingerprint density at radius 3 is 2.50 bits per heavy atom. The van der Waals surface area contributed by atoms with Gasteiger partial charge in [-0.3, -0.25) is 4.79 Å². The van der Waals surface area contributed by atoms with Crippen molar-refractivity contribution in [3.8, 4) is 0 Å². The molecular formula is C10H18N2O4. The molecule has 1 amide bonds. The first-order valence-electron chi connectivity index (χ1n) is 5.27. The number of hydrogen-bond donors (Lipinski definition) is 3. The minimum atomic E-state index is -1.08. The number of hydrogen-bond acceptors (Lipinski definition) is 4. The number of rotatable bonds is 4. The van der Waals surface area contributed by atoms with Crippen LogP contribution in [-0.4, -0.2) is 41.8 Å². The number of carboxylic acids is 1. The van der Waals surface area contributed by atoms with Crippen molar-refractivity contribution in [2.24, 2.45) is 11.7 Å². The molecule has 2 atom stereocenters. The third-order valence-electron chi connectivity index (χ3n) is 2.72. The van der Waals surface area contributed by atoms with E-state index in [1.54, 1.807) is 13.8 Å². The van der Waals surface area contributed by atoms with Crippen molar-refractivity contribution in [1.82, 2.24) is 5.32 Å². The second kappa shape index (κ2) is 4.80. The Kier molecular flexibility index (Phi) is 3.88. The van der Waals surface area contributed by atoms with Gasteiger partial charge in [0.25, 0.3) is 0 Å². The molecule has 1 fully saturated rings. The van der Waals surface area contributed by atoms with Crippen molar-refractivity contribution in [2.45, 2.75) is 31.8 Å². The molecule has 1 aliphatic heterocycles. The summed E-state index contributed by atoms with van der Waals surface area (Å²) in [6, 6.07) is -0.909. The van der Waals surface area contributed by atoms with Gasteiger partial charge >= 0.3 is 5.97 Å². The molecule has 1 rings (SSSR count). The van der Waals surface area contributed by atoms with Gasteiger partial charge in [0.1, 0.15) is 11.6 Å². The van der Waals surface area contributed by atoms with Gasteiger partial charge in [-0.25, -0.2) is 4.79 Å². The highest BCUT2D eigenvalue weighted by molar-refractivity contribution is 5.90. The molecule has 16 heavy (non-hydrogen) atoms. The summed E-state index contributed by atoms with van der Waals surface area (Å²) in [7, 11) is 0. The number of nitrogens with two attached hydrogens (primary N) is 1. The maximum atomic E-state index is 11.8. The second-order valence-electron chi connectivity index (χ2n) is 4.49. The Morgan fingerprint density at radius 1 is 1.50 bits per heavy atom. The lowest BCUT2D eigenvalue weighted by molar-refractivity contribution is -0.144. The second-order valence-corrected chi connectivity index (χ2v) is 4.49. The highest BCUT2D eigenvalue weighted by Crippen LogP contribution is 2.16. The Balaban J connectivity index is 2.65. The van der Waals surface area contributed by atoms with Crippen LogP contribution < -0.4 is 11.1 Å². The molecule has 1 saturated heterocycles. The molecule has 92 valence electrons. The number of carbonyl (C=O) groups excluding carboxylic acids is 1. The van der Waals surface area contributed by atoms with E-state index in [9.17, 15) is 9.59 Å². The van der Waals surface area contributed by atoms with E-state index in [2.05, 4.69) is 5.32 Å². The number of aliphatic carboxylic acids is 1. The highest BCUT2D eigenvalue weighted by atomic mass is 16.5. The maximum absolute atomic E-state index is 11.8. The summed E-state index contributed by atoms with van der Waals surface area (Å²) in [6.07, 6.45) is 0.420. The third-order valence-corrected chi connectivity index (χ3v) is 2.72. The van der Waals surface area contributed by atoms with Gasteiger partial charge in [0.15, 0.2) is 0 Å². The van der Waals surface area contributed by atoms with Crippen LogP contribution in [0.15, 0.2) is 0 Å². The first-order chi connectivity index (χ1) is 7.37. The van der Waals surface area contributed by atoms with Crippen molar-refractivity contribution in [2.75, 3.05) is 13.2 Å². The van der Waals surface area contributed by atoms with Crippen LogP contribution in [0.1, 0.15) is 20.3 Å². The van der Waals surface area contributed by atoms with E-state index in [-0.39, 0.29) is 12.5 Å². The average Bonchev–Trinajstić information content (AvgIpc) is 2.61. The zero-order chi connectivity index (χ0) is 12.3. The Labute approximate surface area is 94.1 Å². The molecule has 6 heteroatoms. The van der Waals surface area contributed by atoms with Crippen LogP contribution in [0.25, 0.3) is 0 Å². The SMILES string of the molecule is CC(C)[C@@H](NC(=O)C1(N)CCOC1)C(=O)O. The summed E-state index contributed by atoms with van der Waals surface area (Å²) in [5.74, 6) is -1.69. The zero-order valence-corrected chi connectivity index (χ0v) is 9.53. The average molecular weight is 230 g/mol. The quantitative estimate of drug-likeness (QED) is 0.594. The van der Waals surface area contributed by atoms with Crippen LogP contribution in [0, 0.1) is 5.92 Å². The summed E-state index contributed by atoms with van der Waals surface area (Å²) >= 11 is 0. The molecule has 0 radical (unpaired) electrons. The fourth-order valence-corrected chi connectivity index (χ4v) is 1.56. The summed E-state index contributed by atoms with van der Waals surface area (Å²) in [5.41, 5.74) is 4.74. The monoisotopic (exact) mass is 230 g/mol. The Morgan fingerprint density at radius 2 is 2.12 bits per heavy atom. The molecule has 1 aliphatic rings. The molecule has 6 nitrogen and oxygen atoms in total. The van der Waals surface area contributed by atoms with Crippen molar-refractivity contribution in [3.05, 3.63) is 0 Å². The first-order valence-corrected chi connectivity index (χ1v) is 5.27. The van der Waals surface area contributed by atoms with E-state index in [0.29, 0.717) is 13.0 Å². The summed E-state index contributed by atoms with van der Waals surface area (Å²) < 4.78 is 5.05. The van der Waals surface area contributed by atoms with Gasteiger partial charge in [0.05, 0.1) is 6.61 Å². The fraction of sp³-hybridized carbons (Fsp3) is 0.800. The number of ether oxygens (including phenoxy) is 1. The topological polar surface area (TPSA) is 102 Å².